The van der Waals surface area contributed by atoms with Crippen molar-refractivity contribution in [3.05, 3.63) is 0 Å². The molecule has 2 heteroatoms. The van der Waals surface area contributed by atoms with Gasteiger partial charge in [-0.2, -0.15) is 0 Å². The largest absolute Gasteiger partial charge is 0.252 e. The molecule has 0 atom stereocenters. The third-order valence-corrected chi connectivity index (χ3v) is 7.55. The third-order valence-electron chi connectivity index (χ3n) is 4.99. The van der Waals surface area contributed by atoms with E-state index in [1.54, 1.807) is 0 Å². The Morgan fingerprint density at radius 1 is 0.478 bits per heavy atom. The summed E-state index contributed by atoms with van der Waals surface area (Å²) in [6.45, 7) is 6.71. The van der Waals surface area contributed by atoms with Gasteiger partial charge in [-0.15, -0.1) is 0 Å². The summed E-state index contributed by atoms with van der Waals surface area (Å²) < 4.78 is 0. The van der Waals surface area contributed by atoms with E-state index in [9.17, 15) is 4.89 Å². The van der Waals surface area contributed by atoms with Crippen molar-refractivity contribution < 1.29 is 4.89 Å². The molecule has 0 heterocycles. The van der Waals surface area contributed by atoms with Gasteiger partial charge in [-0.05, 0) is 25.7 Å². The van der Waals surface area contributed by atoms with Crippen LogP contribution in [0.4, 0.5) is 0 Å². The first-order valence-electron chi connectivity index (χ1n) is 10.7. The number of hydrogen-bond donors (Lipinski definition) is 1. The van der Waals surface area contributed by atoms with Gasteiger partial charge >= 0.3 is 0 Å². The van der Waals surface area contributed by atoms with Gasteiger partial charge in [0.15, 0.2) is 0 Å². The molecule has 0 aromatic rings. The molecular formula is C21H46OP+. The van der Waals surface area contributed by atoms with Crippen molar-refractivity contribution in [3.8, 4) is 0 Å². The Labute approximate surface area is 148 Å². The lowest BCUT2D eigenvalue weighted by Gasteiger charge is -2.15. The molecule has 0 radical (unpaired) electrons. The quantitative estimate of drug-likeness (QED) is 0.198. The summed E-state index contributed by atoms with van der Waals surface area (Å²) >= 11 is 0. The highest BCUT2D eigenvalue weighted by atomic mass is 31.2. The van der Waals surface area contributed by atoms with Gasteiger partial charge in [0.1, 0.15) is 7.49 Å². The topological polar surface area (TPSA) is 20.2 Å². The first-order valence-corrected chi connectivity index (χ1v) is 13.3. The highest BCUT2D eigenvalue weighted by Crippen LogP contribution is 2.52. The Kier molecular flexibility index (Phi) is 17.5. The van der Waals surface area contributed by atoms with Crippen LogP contribution in [-0.4, -0.2) is 23.9 Å². The maximum Gasteiger partial charge on any atom is 0.139 e. The Morgan fingerprint density at radius 3 is 1.04 bits per heavy atom. The Morgan fingerprint density at radius 2 is 0.739 bits per heavy atom. The Bertz CT molecular complexity index is 206. The molecule has 0 rings (SSSR count). The normalized spacial score (nSPS) is 12.0. The van der Waals surface area contributed by atoms with Crippen LogP contribution >= 0.6 is 7.49 Å². The van der Waals surface area contributed by atoms with Gasteiger partial charge in [-0.3, -0.25) is 4.89 Å². The summed E-state index contributed by atoms with van der Waals surface area (Å²) in [5, 5.41) is 0. The van der Waals surface area contributed by atoms with E-state index in [2.05, 4.69) is 20.5 Å². The molecule has 0 aliphatic heterocycles. The summed E-state index contributed by atoms with van der Waals surface area (Å²) in [7, 11) is -1.57. The molecule has 0 aromatic heterocycles. The molecule has 0 aliphatic carbocycles. The van der Waals surface area contributed by atoms with Crippen LogP contribution in [0.25, 0.3) is 0 Å². The van der Waals surface area contributed by atoms with Gasteiger partial charge < -0.3 is 0 Å². The van der Waals surface area contributed by atoms with Gasteiger partial charge in [0.2, 0.25) is 0 Å². The summed E-state index contributed by atoms with van der Waals surface area (Å²) in [5.74, 6) is 0. The van der Waals surface area contributed by atoms with Crippen molar-refractivity contribution in [1.29, 1.82) is 0 Å². The highest BCUT2D eigenvalue weighted by molar-refractivity contribution is 7.69. The smallest absolute Gasteiger partial charge is 0.139 e. The molecule has 0 fully saturated rings. The highest BCUT2D eigenvalue weighted by Gasteiger charge is 2.26. The third kappa shape index (κ3) is 18.6. The molecule has 1 nitrogen and oxygen atoms in total. The van der Waals surface area contributed by atoms with Crippen molar-refractivity contribution in [3.63, 3.8) is 0 Å². The molecule has 23 heavy (non-hydrogen) atoms. The molecule has 0 aromatic carbocycles. The maximum absolute atomic E-state index is 10.6. The standard InChI is InChI=1S/C21H46OP/c1-4-6-8-10-12-14-16-18-20-23(3,22)21-19-17-15-13-11-9-7-5-2/h22H,4-21H2,1-3H3/q+1. The zero-order chi connectivity index (χ0) is 17.2. The molecule has 0 aliphatic rings. The van der Waals surface area contributed by atoms with E-state index in [-0.39, 0.29) is 0 Å². The van der Waals surface area contributed by atoms with Gasteiger partial charge in [0, 0.05) is 0 Å². The lowest BCUT2D eigenvalue weighted by Crippen LogP contribution is -2.02. The van der Waals surface area contributed by atoms with E-state index >= 15 is 0 Å². The van der Waals surface area contributed by atoms with Crippen LogP contribution in [-0.2, 0) is 0 Å². The minimum Gasteiger partial charge on any atom is -0.252 e. The van der Waals surface area contributed by atoms with Crippen molar-refractivity contribution in [2.24, 2.45) is 0 Å². The van der Waals surface area contributed by atoms with E-state index in [0.29, 0.717) is 0 Å². The lowest BCUT2D eigenvalue weighted by atomic mass is 10.1. The molecule has 140 valence electrons. The van der Waals surface area contributed by atoms with E-state index < -0.39 is 7.49 Å². The predicted molar refractivity (Wildman–Crippen MR) is 110 cm³/mol. The van der Waals surface area contributed by atoms with Gasteiger partial charge in [0.25, 0.3) is 0 Å². The van der Waals surface area contributed by atoms with Crippen LogP contribution in [0.3, 0.4) is 0 Å². The number of unbranched alkanes of at least 4 members (excludes halogenated alkanes) is 14. The molecule has 0 spiro atoms. The van der Waals surface area contributed by atoms with Gasteiger partial charge in [-0.25, -0.2) is 0 Å². The van der Waals surface area contributed by atoms with Crippen LogP contribution in [0.5, 0.6) is 0 Å². The van der Waals surface area contributed by atoms with Crippen molar-refractivity contribution in [2.75, 3.05) is 19.0 Å². The van der Waals surface area contributed by atoms with E-state index in [0.717, 1.165) is 12.3 Å². The lowest BCUT2D eigenvalue weighted by molar-refractivity contribution is 0.562. The summed E-state index contributed by atoms with van der Waals surface area (Å²) in [6.07, 6.45) is 24.1. The average molecular weight is 346 g/mol. The SMILES string of the molecule is CCCCCCCCCC[P+](C)(O)CCCCCCCCCC. The second-order valence-electron chi connectivity index (χ2n) is 7.74. The van der Waals surface area contributed by atoms with Gasteiger partial charge in [0.05, 0.1) is 19.0 Å². The second-order valence-corrected chi connectivity index (χ2v) is 11.3. The minimum absolute atomic E-state index is 1.11. The summed E-state index contributed by atoms with van der Waals surface area (Å²) in [6, 6.07) is 0. The molecule has 0 saturated heterocycles. The zero-order valence-electron chi connectivity index (χ0n) is 16.6. The maximum atomic E-state index is 10.6. The number of rotatable bonds is 18. The van der Waals surface area contributed by atoms with E-state index in [1.165, 1.54) is 103 Å². The van der Waals surface area contributed by atoms with Crippen LogP contribution in [0.15, 0.2) is 0 Å². The van der Waals surface area contributed by atoms with Crippen LogP contribution in [0, 0.1) is 0 Å². The molecular weight excluding hydrogens is 299 g/mol. The van der Waals surface area contributed by atoms with Crippen molar-refractivity contribution >= 4 is 7.49 Å². The van der Waals surface area contributed by atoms with Crippen molar-refractivity contribution in [2.45, 2.75) is 117 Å². The zero-order valence-corrected chi connectivity index (χ0v) is 17.5. The Hall–Kier alpha value is 0.390. The van der Waals surface area contributed by atoms with Crippen LogP contribution < -0.4 is 0 Å². The molecule has 0 unspecified atom stereocenters. The average Bonchev–Trinajstić information content (AvgIpc) is 2.52. The molecule has 0 saturated carbocycles. The van der Waals surface area contributed by atoms with E-state index in [1.807, 2.05) is 0 Å². The van der Waals surface area contributed by atoms with Crippen molar-refractivity contribution in [1.82, 2.24) is 0 Å². The molecule has 0 bridgehead atoms. The molecule has 0 amide bonds. The monoisotopic (exact) mass is 345 g/mol. The second kappa shape index (κ2) is 17.2. The molecule has 1 N–H and O–H groups in total. The van der Waals surface area contributed by atoms with Crippen LogP contribution in [0.2, 0.25) is 0 Å². The fourth-order valence-corrected chi connectivity index (χ4v) is 5.32. The van der Waals surface area contributed by atoms with Crippen LogP contribution in [0.1, 0.15) is 117 Å². The predicted octanol–water partition coefficient (Wildman–Crippen LogP) is 7.82. The fourth-order valence-electron chi connectivity index (χ4n) is 3.28. The Balaban J connectivity index is 3.33. The minimum atomic E-state index is -1.57. The fraction of sp³-hybridized carbons (Fsp3) is 1.00. The first-order chi connectivity index (χ1) is 11.1. The summed E-state index contributed by atoms with van der Waals surface area (Å²) in [4.78, 5) is 10.6. The summed E-state index contributed by atoms with van der Waals surface area (Å²) in [5.41, 5.74) is 0. The number of hydrogen-bond acceptors (Lipinski definition) is 1. The first kappa shape index (κ1) is 23.4. The van der Waals surface area contributed by atoms with Gasteiger partial charge in [-0.1, -0.05) is 90.9 Å². The van der Waals surface area contributed by atoms with E-state index in [4.69, 9.17) is 0 Å².